The Bertz CT molecular complexity index is 1850. The molecule has 0 radical (unpaired) electrons. The second-order valence-corrected chi connectivity index (χ2v) is 23.6. The normalized spacial score (nSPS) is 56.4. The molecule has 384 valence electrons. The number of carbonyl (C=O) groups is 1. The SMILES string of the molecule is CC1OC(OC2C(OC3C(OC4CCC5(C)C(CCC6(C)C5CC=C5C7CC(C)(CO)C(O)C(O)C7(C)CCC56C)C4(C)C)OC(C(=O)O)C(O)C3O)OC(CO)C(O)C2O)C(O)C(O)C1O. The summed E-state index contributed by atoms with van der Waals surface area (Å²) in [6, 6.07) is 0. The van der Waals surface area contributed by atoms with Crippen molar-refractivity contribution in [1.29, 1.82) is 0 Å². The van der Waals surface area contributed by atoms with Crippen molar-refractivity contribution in [3.05, 3.63) is 11.6 Å². The van der Waals surface area contributed by atoms with E-state index in [1.54, 1.807) is 0 Å². The van der Waals surface area contributed by atoms with Crippen LogP contribution in [0.4, 0.5) is 0 Å². The van der Waals surface area contributed by atoms with Crippen LogP contribution in [0.3, 0.4) is 0 Å². The summed E-state index contributed by atoms with van der Waals surface area (Å²) in [5, 5.41) is 130. The van der Waals surface area contributed by atoms with Gasteiger partial charge in [-0.15, -0.1) is 0 Å². The molecule has 4 saturated carbocycles. The van der Waals surface area contributed by atoms with Crippen LogP contribution in [0, 0.1) is 50.2 Å². The van der Waals surface area contributed by atoms with Crippen molar-refractivity contribution in [3.63, 3.8) is 0 Å². The van der Waals surface area contributed by atoms with E-state index >= 15 is 0 Å². The zero-order valence-corrected chi connectivity index (χ0v) is 40.0. The van der Waals surface area contributed by atoms with Crippen molar-refractivity contribution >= 4 is 5.97 Å². The molecule has 26 atom stereocenters. The Hall–Kier alpha value is -1.47. The number of rotatable bonds is 9. The van der Waals surface area contributed by atoms with Crippen molar-refractivity contribution < 1.29 is 94.5 Å². The third-order valence-corrected chi connectivity index (χ3v) is 19.8. The summed E-state index contributed by atoms with van der Waals surface area (Å²) in [7, 11) is 0. The number of carboxylic acid groups (broad SMARTS) is 1. The molecule has 0 aromatic carbocycles. The van der Waals surface area contributed by atoms with Gasteiger partial charge in [-0.1, -0.05) is 60.1 Å². The number of carboxylic acids is 1. The highest BCUT2D eigenvalue weighted by Gasteiger charge is 2.70. The summed E-state index contributed by atoms with van der Waals surface area (Å²) in [5.41, 5.74) is -1.19. The van der Waals surface area contributed by atoms with Crippen molar-refractivity contribution in [3.8, 4) is 0 Å². The lowest BCUT2D eigenvalue weighted by molar-refractivity contribution is -0.395. The van der Waals surface area contributed by atoms with E-state index in [1.807, 2.05) is 6.92 Å². The first-order chi connectivity index (χ1) is 31.2. The van der Waals surface area contributed by atoms with Gasteiger partial charge in [0.05, 0.1) is 37.6 Å². The molecule has 3 saturated heterocycles. The molecule has 0 bridgehead atoms. The smallest absolute Gasteiger partial charge is 0.335 e. The molecular weight excluding hydrogens is 881 g/mol. The van der Waals surface area contributed by atoms with Crippen molar-refractivity contribution in [1.82, 2.24) is 0 Å². The zero-order chi connectivity index (χ0) is 49.3. The standard InChI is InChI=1S/C48H78O19/c1-20-27(51)29(53)33(57)40(62-20)66-35-30(54)28(52)23(18-49)63-41(35)67-36-32(56)31(55)34(39(60)61)65-42(36)64-26-12-13-46(6)24(43(26,2)3)11-14-48(8)25(46)10-9-21-22-17-44(4,19-50)37(58)38(59)45(22,5)15-16-47(21,48)7/h9,20,22-38,40-42,49-59H,10-19H2,1-8H3,(H,60,61). The number of hydrogen-bond acceptors (Lipinski definition) is 18. The minimum atomic E-state index is -2.04. The van der Waals surface area contributed by atoms with Gasteiger partial charge in [-0.3, -0.25) is 0 Å². The third-order valence-electron chi connectivity index (χ3n) is 19.8. The molecule has 7 fully saturated rings. The molecule has 0 spiro atoms. The highest BCUT2D eigenvalue weighted by atomic mass is 16.8. The van der Waals surface area contributed by atoms with Crippen LogP contribution in [-0.4, -0.2) is 191 Å². The van der Waals surface area contributed by atoms with Crippen LogP contribution in [0.1, 0.15) is 107 Å². The van der Waals surface area contributed by atoms with E-state index in [1.165, 1.54) is 12.5 Å². The molecule has 3 heterocycles. The molecule has 8 aliphatic rings. The van der Waals surface area contributed by atoms with Gasteiger partial charge in [0.1, 0.15) is 61.0 Å². The van der Waals surface area contributed by atoms with E-state index in [9.17, 15) is 66.1 Å². The number of aliphatic carboxylic acids is 1. The molecule has 19 nitrogen and oxygen atoms in total. The van der Waals surface area contributed by atoms with E-state index in [0.717, 1.165) is 38.5 Å². The largest absolute Gasteiger partial charge is 0.479 e. The van der Waals surface area contributed by atoms with Gasteiger partial charge in [0.25, 0.3) is 0 Å². The van der Waals surface area contributed by atoms with Gasteiger partial charge in [-0.2, -0.15) is 0 Å². The topological polar surface area (TPSA) is 315 Å². The summed E-state index contributed by atoms with van der Waals surface area (Å²) in [6.07, 6.45) is -20.3. The van der Waals surface area contributed by atoms with E-state index < -0.39 is 139 Å². The summed E-state index contributed by atoms with van der Waals surface area (Å²) >= 11 is 0. The van der Waals surface area contributed by atoms with Crippen LogP contribution in [-0.2, 0) is 33.2 Å². The fraction of sp³-hybridized carbons (Fsp3) is 0.938. The summed E-state index contributed by atoms with van der Waals surface area (Å²) in [4.78, 5) is 12.5. The maximum absolute atomic E-state index is 12.5. The first kappa shape index (κ1) is 51.9. The highest BCUT2D eigenvalue weighted by Crippen LogP contribution is 2.76. The van der Waals surface area contributed by atoms with Gasteiger partial charge >= 0.3 is 5.97 Å². The average Bonchev–Trinajstić information content (AvgIpc) is 3.27. The van der Waals surface area contributed by atoms with Crippen LogP contribution in [0.25, 0.3) is 0 Å². The first-order valence-electron chi connectivity index (χ1n) is 24.4. The molecule has 26 unspecified atom stereocenters. The molecule has 8 rings (SSSR count). The fourth-order valence-corrected chi connectivity index (χ4v) is 15.2. The maximum atomic E-state index is 12.5. The number of allylic oxidation sites excluding steroid dienone is 2. The Balaban J connectivity index is 1.06. The van der Waals surface area contributed by atoms with E-state index in [0.29, 0.717) is 12.8 Å². The summed E-state index contributed by atoms with van der Waals surface area (Å²) in [6.45, 7) is 15.7. The Morgan fingerprint density at radius 1 is 0.657 bits per heavy atom. The van der Waals surface area contributed by atoms with Crippen molar-refractivity contribution in [2.24, 2.45) is 50.2 Å². The zero-order valence-electron chi connectivity index (χ0n) is 40.0. The predicted octanol–water partition coefficient (Wildman–Crippen LogP) is -0.325. The minimum Gasteiger partial charge on any atom is -0.479 e. The Labute approximate surface area is 392 Å². The minimum absolute atomic E-state index is 0.0126. The number of ether oxygens (including phenoxy) is 6. The second kappa shape index (κ2) is 17.9. The van der Waals surface area contributed by atoms with Crippen molar-refractivity contribution in [2.45, 2.75) is 217 Å². The van der Waals surface area contributed by atoms with Crippen molar-refractivity contribution in [2.75, 3.05) is 13.2 Å². The van der Waals surface area contributed by atoms with Gasteiger partial charge in [-0.25, -0.2) is 4.79 Å². The lowest BCUT2D eigenvalue weighted by Crippen LogP contribution is -2.68. The lowest BCUT2D eigenvalue weighted by Gasteiger charge is -2.72. The van der Waals surface area contributed by atoms with Crippen LogP contribution in [0.5, 0.6) is 0 Å². The number of fused-ring (bicyclic) bond motifs is 7. The molecule has 0 aromatic heterocycles. The second-order valence-electron chi connectivity index (χ2n) is 23.6. The van der Waals surface area contributed by atoms with Gasteiger partial charge in [0.2, 0.25) is 0 Å². The quantitative estimate of drug-likeness (QED) is 0.104. The molecule has 12 N–H and O–H groups in total. The maximum Gasteiger partial charge on any atom is 0.335 e. The Morgan fingerprint density at radius 3 is 1.91 bits per heavy atom. The average molecular weight is 959 g/mol. The van der Waals surface area contributed by atoms with E-state index in [-0.39, 0.29) is 40.6 Å². The van der Waals surface area contributed by atoms with Crippen LogP contribution >= 0.6 is 0 Å². The van der Waals surface area contributed by atoms with Gasteiger partial charge in [0.15, 0.2) is 25.0 Å². The fourth-order valence-electron chi connectivity index (χ4n) is 15.2. The van der Waals surface area contributed by atoms with Crippen LogP contribution < -0.4 is 0 Å². The molecule has 19 heteroatoms. The van der Waals surface area contributed by atoms with Crippen LogP contribution in [0.2, 0.25) is 0 Å². The number of aliphatic hydroxyl groups excluding tert-OH is 11. The molecule has 67 heavy (non-hydrogen) atoms. The van der Waals surface area contributed by atoms with E-state index in [2.05, 4.69) is 47.6 Å². The molecule has 5 aliphatic carbocycles. The monoisotopic (exact) mass is 959 g/mol. The first-order valence-corrected chi connectivity index (χ1v) is 24.4. The Morgan fingerprint density at radius 2 is 1.28 bits per heavy atom. The highest BCUT2D eigenvalue weighted by molar-refractivity contribution is 5.73. The lowest BCUT2D eigenvalue weighted by atomic mass is 9.33. The Kier molecular flexibility index (Phi) is 13.9. The molecule has 0 amide bonds. The summed E-state index contributed by atoms with van der Waals surface area (Å²) < 4.78 is 36.3. The van der Waals surface area contributed by atoms with Gasteiger partial charge in [0, 0.05) is 10.8 Å². The number of hydrogen-bond donors (Lipinski definition) is 12. The number of aliphatic hydroxyl groups is 11. The molecular formula is C48H78O19. The third kappa shape index (κ3) is 7.83. The van der Waals surface area contributed by atoms with Gasteiger partial charge in [-0.05, 0) is 97.7 Å². The molecule has 3 aliphatic heterocycles. The molecule has 0 aromatic rings. The van der Waals surface area contributed by atoms with Crippen LogP contribution in [0.15, 0.2) is 11.6 Å². The van der Waals surface area contributed by atoms with E-state index in [4.69, 9.17) is 28.4 Å². The predicted molar refractivity (Wildman–Crippen MR) is 232 cm³/mol. The summed E-state index contributed by atoms with van der Waals surface area (Å²) in [5.74, 6) is -1.26. The van der Waals surface area contributed by atoms with Gasteiger partial charge < -0.3 is 89.7 Å².